The van der Waals surface area contributed by atoms with E-state index in [2.05, 4.69) is 137 Å². The molecule has 2 N–H and O–H groups in total. The minimum atomic E-state index is 0.356. The van der Waals surface area contributed by atoms with Crippen molar-refractivity contribution in [2.24, 2.45) is 5.92 Å². The number of aryl methyl sites for hydroxylation is 1. The zero-order valence-corrected chi connectivity index (χ0v) is 27.5. The second-order valence-corrected chi connectivity index (χ2v) is 10.8. The fourth-order valence-corrected chi connectivity index (χ4v) is 5.07. The average Bonchev–Trinajstić information content (AvgIpc) is 3.03. The Balaban J connectivity index is 2.17. The summed E-state index contributed by atoms with van der Waals surface area (Å²) in [6.45, 7) is 18.1. The fraction of sp³-hybridized carbons (Fsp3) is 0.405. The molecule has 2 aromatic rings. The molecule has 1 saturated heterocycles. The molecule has 0 bridgehead atoms. The van der Waals surface area contributed by atoms with E-state index in [-0.39, 0.29) is 0 Å². The number of benzene rings is 1. The summed E-state index contributed by atoms with van der Waals surface area (Å²) in [6, 6.07) is 8.43. The smallest absolute Gasteiger partial charge is 0.230 e. The molecule has 1 fully saturated rings. The van der Waals surface area contributed by atoms with Crippen LogP contribution in [-0.4, -0.2) is 43.3 Å². The van der Waals surface area contributed by atoms with E-state index >= 15 is 0 Å². The highest BCUT2D eigenvalue weighted by molar-refractivity contribution is 5.77. The number of nitrogens with zero attached hydrogens (tertiary/aromatic N) is 3. The quantitative estimate of drug-likeness (QED) is 0.232. The number of aromatic nitrogens is 2. The summed E-state index contributed by atoms with van der Waals surface area (Å²) >= 11 is 0. The monoisotopic (exact) mass is 581 g/mol. The van der Waals surface area contributed by atoms with E-state index in [0.717, 1.165) is 54.4 Å². The Kier molecular flexibility index (Phi) is 13.5. The van der Waals surface area contributed by atoms with Crippen molar-refractivity contribution in [3.8, 4) is 0 Å². The fourth-order valence-electron chi connectivity index (χ4n) is 5.07. The molecule has 1 unspecified atom stereocenters. The van der Waals surface area contributed by atoms with Crippen molar-refractivity contribution in [3.63, 3.8) is 0 Å². The van der Waals surface area contributed by atoms with Crippen LogP contribution in [0, 0.1) is 19.8 Å². The number of allylic oxidation sites excluding steroid dienone is 10. The molecule has 230 valence electrons. The van der Waals surface area contributed by atoms with Crippen LogP contribution in [0.3, 0.4) is 0 Å². The van der Waals surface area contributed by atoms with Crippen molar-refractivity contribution in [2.75, 3.05) is 43.6 Å². The van der Waals surface area contributed by atoms with Gasteiger partial charge in [0.25, 0.3) is 0 Å². The maximum atomic E-state index is 5.67. The lowest BCUT2D eigenvalue weighted by Gasteiger charge is -2.30. The third kappa shape index (κ3) is 9.29. The predicted molar refractivity (Wildman–Crippen MR) is 185 cm³/mol. The first-order valence-corrected chi connectivity index (χ1v) is 15.7. The first-order valence-electron chi connectivity index (χ1n) is 15.7. The van der Waals surface area contributed by atoms with E-state index in [0.29, 0.717) is 25.1 Å². The minimum Gasteiger partial charge on any atom is -0.378 e. The topological polar surface area (TPSA) is 62.3 Å². The van der Waals surface area contributed by atoms with Crippen molar-refractivity contribution in [1.82, 2.24) is 15.3 Å². The van der Waals surface area contributed by atoms with Crippen LogP contribution in [0.4, 0.5) is 11.8 Å². The Morgan fingerprint density at radius 1 is 1.09 bits per heavy atom. The van der Waals surface area contributed by atoms with Gasteiger partial charge in [-0.2, -0.15) is 4.98 Å². The molecule has 1 aromatic heterocycles. The van der Waals surface area contributed by atoms with Crippen LogP contribution in [0.2, 0.25) is 0 Å². The highest BCUT2D eigenvalue weighted by Gasteiger charge is 2.20. The van der Waals surface area contributed by atoms with E-state index in [1.165, 1.54) is 22.3 Å². The Morgan fingerprint density at radius 3 is 2.47 bits per heavy atom. The van der Waals surface area contributed by atoms with Crippen LogP contribution in [-0.2, 0) is 4.74 Å². The number of hydrogen-bond donors (Lipinski definition) is 2. The molecule has 3 rings (SSSR count). The van der Waals surface area contributed by atoms with Gasteiger partial charge in [-0.3, -0.25) is 0 Å². The third-order valence-corrected chi connectivity index (χ3v) is 7.81. The maximum Gasteiger partial charge on any atom is 0.230 e. The van der Waals surface area contributed by atoms with Crippen LogP contribution >= 0.6 is 0 Å². The van der Waals surface area contributed by atoms with Crippen LogP contribution in [0.1, 0.15) is 69.8 Å². The van der Waals surface area contributed by atoms with E-state index in [4.69, 9.17) is 14.7 Å². The first kappa shape index (κ1) is 33.6. The maximum absolute atomic E-state index is 5.67. The second-order valence-electron chi connectivity index (χ2n) is 10.8. The Bertz CT molecular complexity index is 1390. The number of rotatable bonds is 13. The van der Waals surface area contributed by atoms with Crippen LogP contribution in [0.5, 0.6) is 0 Å². The Hall–Kier alpha value is -3.90. The van der Waals surface area contributed by atoms with Gasteiger partial charge >= 0.3 is 0 Å². The van der Waals surface area contributed by atoms with E-state index in [1.807, 2.05) is 7.05 Å². The Morgan fingerprint density at radius 2 is 1.84 bits per heavy atom. The van der Waals surface area contributed by atoms with Crippen molar-refractivity contribution < 1.29 is 4.74 Å². The number of nitrogens with one attached hydrogen (secondary N) is 2. The van der Waals surface area contributed by atoms with Gasteiger partial charge in [0.05, 0.1) is 18.9 Å². The minimum absolute atomic E-state index is 0.356. The number of morpholine rings is 1. The van der Waals surface area contributed by atoms with E-state index < -0.39 is 0 Å². The van der Waals surface area contributed by atoms with Gasteiger partial charge in [-0.25, -0.2) is 4.98 Å². The normalized spacial score (nSPS) is 16.3. The van der Waals surface area contributed by atoms with Gasteiger partial charge in [-0.1, -0.05) is 81.5 Å². The predicted octanol–water partition coefficient (Wildman–Crippen LogP) is 8.40. The third-order valence-electron chi connectivity index (χ3n) is 7.81. The molecule has 0 radical (unpaired) electrons. The number of anilines is 2. The van der Waals surface area contributed by atoms with Gasteiger partial charge in [-0.15, -0.1) is 0 Å². The molecule has 6 nitrogen and oxygen atoms in total. The highest BCUT2D eigenvalue weighted by atomic mass is 16.5. The van der Waals surface area contributed by atoms with Crippen molar-refractivity contribution in [3.05, 3.63) is 106 Å². The molecular formula is C37H51N5O. The van der Waals surface area contributed by atoms with Gasteiger partial charge < -0.3 is 20.3 Å². The summed E-state index contributed by atoms with van der Waals surface area (Å²) in [4.78, 5) is 12.5. The SMILES string of the molecule is C\C=C/C(=C\C=C\CC)C(=C/c1nc(N/C(=C/C(=C\C)c2ccccc2C)NC)nc(N2CCOCC2)c1C)/C(C)CC. The summed E-state index contributed by atoms with van der Waals surface area (Å²) in [7, 11) is 1.92. The van der Waals surface area contributed by atoms with Gasteiger partial charge in [-0.05, 0) is 86.5 Å². The van der Waals surface area contributed by atoms with Gasteiger partial charge in [0.15, 0.2) is 0 Å². The molecule has 0 saturated carbocycles. The highest BCUT2D eigenvalue weighted by Crippen LogP contribution is 2.30. The summed E-state index contributed by atoms with van der Waals surface area (Å²) in [5.41, 5.74) is 8.01. The standard InChI is InChI=1S/C37H51N5O/c1-9-13-14-19-31(17-10-2)33(27(5)11-3)26-34-29(7)36(42-21-23-43-24-22-42)41-37(39-34)40-35(38-8)25-30(12-4)32-20-16-15-18-28(32)6/h10,12-20,25-27,38H,9,11,21-24H2,1-8H3,(H,39,40,41)/b14-13+,17-10-,30-12+,31-19+,33-26+,35-25+. The van der Waals surface area contributed by atoms with Crippen molar-refractivity contribution in [2.45, 2.75) is 61.3 Å². The van der Waals surface area contributed by atoms with Crippen LogP contribution < -0.4 is 15.5 Å². The molecule has 6 heteroatoms. The zero-order chi connectivity index (χ0) is 31.2. The van der Waals surface area contributed by atoms with Crippen molar-refractivity contribution in [1.29, 1.82) is 0 Å². The molecule has 1 aliphatic heterocycles. The summed E-state index contributed by atoms with van der Waals surface area (Å²) < 4.78 is 5.67. The molecule has 1 aliphatic rings. The largest absolute Gasteiger partial charge is 0.378 e. The molecule has 1 aromatic carbocycles. The molecular weight excluding hydrogens is 530 g/mol. The van der Waals surface area contributed by atoms with Gasteiger partial charge in [0.2, 0.25) is 5.95 Å². The number of ether oxygens (including phenoxy) is 1. The number of hydrogen-bond acceptors (Lipinski definition) is 6. The van der Waals surface area contributed by atoms with Gasteiger partial charge in [0.1, 0.15) is 11.6 Å². The summed E-state index contributed by atoms with van der Waals surface area (Å²) in [5, 5.41) is 6.83. The second kappa shape index (κ2) is 17.3. The molecule has 0 amide bonds. The van der Waals surface area contributed by atoms with Crippen LogP contribution in [0.25, 0.3) is 11.6 Å². The van der Waals surface area contributed by atoms with Gasteiger partial charge in [0, 0.05) is 25.7 Å². The molecule has 0 spiro atoms. The summed E-state index contributed by atoms with van der Waals surface area (Å²) in [6.07, 6.45) is 19.4. The van der Waals surface area contributed by atoms with E-state index in [9.17, 15) is 0 Å². The first-order chi connectivity index (χ1) is 20.9. The lowest BCUT2D eigenvalue weighted by atomic mass is 9.89. The van der Waals surface area contributed by atoms with Crippen molar-refractivity contribution >= 4 is 23.4 Å². The molecule has 1 atom stereocenters. The van der Waals surface area contributed by atoms with E-state index in [1.54, 1.807) is 0 Å². The Labute approximate surface area is 260 Å². The molecule has 43 heavy (non-hydrogen) atoms. The lowest BCUT2D eigenvalue weighted by molar-refractivity contribution is 0.122. The molecule has 2 heterocycles. The average molecular weight is 582 g/mol. The molecule has 0 aliphatic carbocycles. The zero-order valence-electron chi connectivity index (χ0n) is 27.5. The lowest BCUT2D eigenvalue weighted by Crippen LogP contribution is -2.37. The van der Waals surface area contributed by atoms with Crippen LogP contribution in [0.15, 0.2) is 83.8 Å². The summed E-state index contributed by atoms with van der Waals surface area (Å²) in [5.74, 6) is 2.68.